The molecule has 0 aliphatic carbocycles. The molecule has 0 fully saturated rings. The van der Waals surface area contributed by atoms with Crippen molar-refractivity contribution in [2.45, 2.75) is 27.4 Å². The highest BCUT2D eigenvalue weighted by atomic mass is 32.1. The van der Waals surface area contributed by atoms with Crippen LogP contribution in [-0.2, 0) is 20.9 Å². The highest BCUT2D eigenvalue weighted by Gasteiger charge is 2.19. The number of hydrogen-bond acceptors (Lipinski definition) is 6. The van der Waals surface area contributed by atoms with Gasteiger partial charge in [-0.3, -0.25) is 10.1 Å². The van der Waals surface area contributed by atoms with E-state index in [0.717, 1.165) is 30.6 Å². The van der Waals surface area contributed by atoms with Crippen LogP contribution in [0.1, 0.15) is 42.3 Å². The number of carbonyl (C=O) groups is 2. The molecule has 11 heteroatoms. The molecule has 196 valence electrons. The van der Waals surface area contributed by atoms with Crippen molar-refractivity contribution in [3.63, 3.8) is 0 Å². The van der Waals surface area contributed by atoms with Gasteiger partial charge in [-0.05, 0) is 23.6 Å². The third-order valence-electron chi connectivity index (χ3n) is 4.92. The van der Waals surface area contributed by atoms with E-state index < -0.39 is 40.7 Å². The lowest BCUT2D eigenvalue weighted by Crippen LogP contribution is -2.14. The molecule has 0 aliphatic heterocycles. The van der Waals surface area contributed by atoms with Gasteiger partial charge in [0.2, 0.25) is 5.76 Å². The number of anilines is 1. The lowest BCUT2D eigenvalue weighted by molar-refractivity contribution is -0.135. The Bertz CT molecular complexity index is 1330. The van der Waals surface area contributed by atoms with Crippen LogP contribution in [-0.4, -0.2) is 35.7 Å². The van der Waals surface area contributed by atoms with Crippen LogP contribution in [0, 0.1) is 22.9 Å². The van der Waals surface area contributed by atoms with Crippen LogP contribution >= 0.6 is 11.3 Å². The fourth-order valence-corrected chi connectivity index (χ4v) is 3.88. The van der Waals surface area contributed by atoms with E-state index in [-0.39, 0.29) is 34.0 Å². The highest BCUT2D eigenvalue weighted by Crippen LogP contribution is 2.29. The van der Waals surface area contributed by atoms with Crippen LogP contribution in [0.5, 0.6) is 0 Å². The predicted molar refractivity (Wildman–Crippen MR) is 134 cm³/mol. The Morgan fingerprint density at radius 3 is 2.43 bits per heavy atom. The topological polar surface area (TPSA) is 97.8 Å². The summed E-state index contributed by atoms with van der Waals surface area (Å²) in [6, 6.07) is 6.35. The number of nitrogens with zero attached hydrogens (tertiary/aromatic N) is 1. The third-order valence-corrected chi connectivity index (χ3v) is 5.68. The summed E-state index contributed by atoms with van der Waals surface area (Å²) in [5, 5.41) is 13.0. The standard InChI is InChI=1S/C26H25F3N2O5S/c1-26(2,3)13-36-11-14-6-5-7-16(22(14)29)20-12-37-25(30-20)31-23(32)15-8-18(27)17(19(28)9-15)10-21(35-4)24(33)34/h5-10,12H,11,13H2,1-4H3,(H,33,34)(H,30,31,32)/b21-10-. The van der Waals surface area contributed by atoms with Crippen molar-refractivity contribution in [3.05, 3.63) is 75.6 Å². The van der Waals surface area contributed by atoms with Crippen molar-refractivity contribution in [3.8, 4) is 11.3 Å². The van der Waals surface area contributed by atoms with E-state index in [9.17, 15) is 18.4 Å². The van der Waals surface area contributed by atoms with Gasteiger partial charge in [-0.15, -0.1) is 11.3 Å². The lowest BCUT2D eigenvalue weighted by Gasteiger charge is -2.18. The molecular weight excluding hydrogens is 509 g/mol. The molecule has 0 saturated carbocycles. The summed E-state index contributed by atoms with van der Waals surface area (Å²) in [6.45, 7) is 6.57. The van der Waals surface area contributed by atoms with Crippen molar-refractivity contribution in [1.29, 1.82) is 0 Å². The molecular formula is C26H25F3N2O5S. The van der Waals surface area contributed by atoms with Crippen LogP contribution in [0.3, 0.4) is 0 Å². The maximum atomic E-state index is 15.1. The van der Waals surface area contributed by atoms with Gasteiger partial charge in [0.15, 0.2) is 5.13 Å². The first-order valence-electron chi connectivity index (χ1n) is 11.0. The maximum Gasteiger partial charge on any atom is 0.371 e. The molecule has 0 bridgehead atoms. The predicted octanol–water partition coefficient (Wildman–Crippen LogP) is 6.11. The number of carboxylic acid groups (broad SMARTS) is 1. The molecule has 0 saturated heterocycles. The zero-order chi connectivity index (χ0) is 27.3. The van der Waals surface area contributed by atoms with Crippen molar-refractivity contribution in [2.75, 3.05) is 19.0 Å². The molecule has 3 rings (SSSR count). The minimum atomic E-state index is -1.51. The molecule has 2 N–H and O–H groups in total. The normalized spacial score (nSPS) is 11.9. The molecule has 0 atom stereocenters. The zero-order valence-corrected chi connectivity index (χ0v) is 21.3. The number of carboxylic acids is 1. The smallest absolute Gasteiger partial charge is 0.371 e. The number of amides is 1. The second-order valence-corrected chi connectivity index (χ2v) is 10.1. The van der Waals surface area contributed by atoms with Crippen molar-refractivity contribution >= 4 is 34.4 Å². The maximum absolute atomic E-state index is 15.1. The number of thiazole rings is 1. The van der Waals surface area contributed by atoms with Gasteiger partial charge in [0.25, 0.3) is 5.91 Å². The van der Waals surface area contributed by atoms with Crippen LogP contribution in [0.25, 0.3) is 17.3 Å². The Morgan fingerprint density at radius 1 is 1.16 bits per heavy atom. The number of aromatic nitrogens is 1. The fraction of sp³-hybridized carbons (Fsp3) is 0.269. The van der Waals surface area contributed by atoms with E-state index in [1.807, 2.05) is 20.8 Å². The fourth-order valence-electron chi connectivity index (χ4n) is 3.17. The SMILES string of the molecule is CO/C(=C\c1c(F)cc(C(=O)Nc2nc(-c3cccc(COCC(C)(C)C)c3F)cs2)cc1F)C(=O)O. The van der Waals surface area contributed by atoms with E-state index in [4.69, 9.17) is 9.84 Å². The van der Waals surface area contributed by atoms with Gasteiger partial charge in [-0.1, -0.05) is 32.9 Å². The summed E-state index contributed by atoms with van der Waals surface area (Å²) >= 11 is 1.01. The van der Waals surface area contributed by atoms with Gasteiger partial charge in [0, 0.05) is 33.7 Å². The number of methoxy groups -OCH3 is 1. The van der Waals surface area contributed by atoms with Crippen LogP contribution < -0.4 is 5.32 Å². The number of aliphatic carboxylic acids is 1. The van der Waals surface area contributed by atoms with E-state index >= 15 is 4.39 Å². The molecule has 0 spiro atoms. The van der Waals surface area contributed by atoms with Crippen molar-refractivity contribution in [1.82, 2.24) is 4.98 Å². The van der Waals surface area contributed by atoms with E-state index in [1.165, 1.54) is 0 Å². The zero-order valence-electron chi connectivity index (χ0n) is 20.5. The quantitative estimate of drug-likeness (QED) is 0.254. The first kappa shape index (κ1) is 27.9. The van der Waals surface area contributed by atoms with Crippen LogP contribution in [0.2, 0.25) is 0 Å². The van der Waals surface area contributed by atoms with Gasteiger partial charge in [-0.25, -0.2) is 22.9 Å². The number of rotatable bonds is 9. The van der Waals surface area contributed by atoms with Gasteiger partial charge in [0.1, 0.15) is 17.5 Å². The second kappa shape index (κ2) is 11.6. The van der Waals surface area contributed by atoms with Gasteiger partial charge < -0.3 is 14.6 Å². The summed E-state index contributed by atoms with van der Waals surface area (Å²) < 4.78 is 54.2. The number of ether oxygens (including phenoxy) is 2. The molecule has 0 unspecified atom stereocenters. The third kappa shape index (κ3) is 7.17. The molecule has 0 aliphatic rings. The van der Waals surface area contributed by atoms with E-state index in [1.54, 1.807) is 23.6 Å². The molecule has 7 nitrogen and oxygen atoms in total. The molecule has 3 aromatic rings. The number of benzene rings is 2. The molecule has 0 radical (unpaired) electrons. The van der Waals surface area contributed by atoms with Gasteiger partial charge in [0.05, 0.1) is 26.0 Å². The minimum absolute atomic E-state index is 0.0652. The molecule has 1 aromatic heterocycles. The highest BCUT2D eigenvalue weighted by molar-refractivity contribution is 7.14. The summed E-state index contributed by atoms with van der Waals surface area (Å²) in [7, 11) is 1.04. The number of halogens is 3. The Hall–Kier alpha value is -3.70. The average molecular weight is 535 g/mol. The number of nitrogens with one attached hydrogen (secondary N) is 1. The molecule has 1 amide bonds. The molecule has 1 heterocycles. The summed E-state index contributed by atoms with van der Waals surface area (Å²) in [5.41, 5.74) is -0.246. The summed E-state index contributed by atoms with van der Waals surface area (Å²) in [4.78, 5) is 27.8. The number of hydrogen-bond donors (Lipinski definition) is 2. The summed E-state index contributed by atoms with van der Waals surface area (Å²) in [6.07, 6.45) is 0.679. The van der Waals surface area contributed by atoms with Gasteiger partial charge in [-0.2, -0.15) is 0 Å². The average Bonchev–Trinajstić information content (AvgIpc) is 3.26. The van der Waals surface area contributed by atoms with Crippen LogP contribution in [0.4, 0.5) is 18.3 Å². The van der Waals surface area contributed by atoms with Crippen molar-refractivity contribution in [2.24, 2.45) is 5.41 Å². The Morgan fingerprint density at radius 2 is 1.84 bits per heavy atom. The monoisotopic (exact) mass is 534 g/mol. The second-order valence-electron chi connectivity index (χ2n) is 9.20. The molecule has 2 aromatic carbocycles. The number of carbonyl (C=O) groups excluding carboxylic acids is 1. The van der Waals surface area contributed by atoms with E-state index in [2.05, 4.69) is 15.0 Å². The first-order valence-corrected chi connectivity index (χ1v) is 11.9. The largest absolute Gasteiger partial charge is 0.490 e. The molecule has 37 heavy (non-hydrogen) atoms. The Labute approximate surface area is 215 Å². The Kier molecular flexibility index (Phi) is 8.72. The minimum Gasteiger partial charge on any atom is -0.490 e. The van der Waals surface area contributed by atoms with Gasteiger partial charge >= 0.3 is 5.97 Å². The van der Waals surface area contributed by atoms with E-state index in [0.29, 0.717) is 18.2 Å². The van der Waals surface area contributed by atoms with Crippen LogP contribution in [0.15, 0.2) is 41.5 Å². The Balaban J connectivity index is 1.77. The summed E-state index contributed by atoms with van der Waals surface area (Å²) in [5.74, 6) is -5.86. The first-order chi connectivity index (χ1) is 17.4. The van der Waals surface area contributed by atoms with Crippen molar-refractivity contribution < 1.29 is 37.3 Å². The lowest BCUT2D eigenvalue weighted by atomic mass is 9.99.